The number of hydrogen-bond acceptors (Lipinski definition) is 5. The zero-order valence-electron chi connectivity index (χ0n) is 11.5. The summed E-state index contributed by atoms with van der Waals surface area (Å²) in [6, 6.07) is 0. The number of aryl methyl sites for hydroxylation is 2. The molecular formula is C12H17ClN6O. The average molecular weight is 297 g/mol. The minimum atomic E-state index is -0.282. The van der Waals surface area contributed by atoms with Gasteiger partial charge in [0.15, 0.2) is 5.82 Å². The molecule has 20 heavy (non-hydrogen) atoms. The predicted octanol–water partition coefficient (Wildman–Crippen LogP) is 1.53. The zero-order valence-corrected chi connectivity index (χ0v) is 12.3. The number of nitrogens with one attached hydrogen (secondary N) is 1. The molecule has 0 aliphatic rings. The number of aromatic nitrogens is 5. The van der Waals surface area contributed by atoms with Crippen molar-refractivity contribution in [1.82, 2.24) is 24.5 Å². The van der Waals surface area contributed by atoms with Crippen molar-refractivity contribution < 1.29 is 0 Å². The van der Waals surface area contributed by atoms with Crippen molar-refractivity contribution in [2.75, 3.05) is 5.32 Å². The summed E-state index contributed by atoms with van der Waals surface area (Å²) >= 11 is 6.07. The molecule has 0 aliphatic heterocycles. The minimum absolute atomic E-state index is 0.149. The van der Waals surface area contributed by atoms with Gasteiger partial charge in [-0.25, -0.2) is 4.68 Å². The molecule has 2 aromatic heterocycles. The van der Waals surface area contributed by atoms with Gasteiger partial charge in [-0.05, 0) is 13.3 Å². The molecule has 0 amide bonds. The number of nitrogens with zero attached hydrogens (tertiary/aromatic N) is 5. The zero-order chi connectivity index (χ0) is 14.5. The molecule has 2 aromatic rings. The lowest BCUT2D eigenvalue weighted by Crippen LogP contribution is -2.24. The molecule has 2 heterocycles. The summed E-state index contributed by atoms with van der Waals surface area (Å²) < 4.78 is 3.27. The van der Waals surface area contributed by atoms with Crippen LogP contribution in [0.25, 0.3) is 0 Å². The highest BCUT2D eigenvalue weighted by atomic mass is 35.5. The van der Waals surface area contributed by atoms with Gasteiger partial charge in [-0.2, -0.15) is 5.10 Å². The standard InChI is InChI=1S/C12H17ClN6O/c1-3-5-19-12(20)11(13)9(6-16-19)14-7-10-17-15-8-18(10)4-2/h6,8,14H,3-5,7H2,1-2H3. The lowest BCUT2D eigenvalue weighted by molar-refractivity contribution is 0.568. The van der Waals surface area contributed by atoms with Crippen LogP contribution in [-0.4, -0.2) is 24.5 Å². The molecule has 0 aromatic carbocycles. The van der Waals surface area contributed by atoms with Gasteiger partial charge < -0.3 is 9.88 Å². The number of anilines is 1. The van der Waals surface area contributed by atoms with Crippen LogP contribution in [0, 0.1) is 0 Å². The van der Waals surface area contributed by atoms with Crippen molar-refractivity contribution >= 4 is 17.3 Å². The van der Waals surface area contributed by atoms with Crippen molar-refractivity contribution in [3.63, 3.8) is 0 Å². The number of hydrogen-bond donors (Lipinski definition) is 1. The van der Waals surface area contributed by atoms with Crippen molar-refractivity contribution in [2.45, 2.75) is 39.9 Å². The fourth-order valence-electron chi connectivity index (χ4n) is 1.81. The number of rotatable bonds is 6. The Morgan fingerprint density at radius 1 is 1.40 bits per heavy atom. The lowest BCUT2D eigenvalue weighted by atomic mass is 10.4. The third-order valence-corrected chi connectivity index (χ3v) is 3.26. The maximum absolute atomic E-state index is 12.0. The fraction of sp³-hybridized carbons (Fsp3) is 0.500. The van der Waals surface area contributed by atoms with Gasteiger partial charge in [0.1, 0.15) is 11.3 Å². The van der Waals surface area contributed by atoms with Gasteiger partial charge in [0.25, 0.3) is 5.56 Å². The van der Waals surface area contributed by atoms with Crippen LogP contribution in [0.3, 0.4) is 0 Å². The summed E-state index contributed by atoms with van der Waals surface area (Å²) in [6.07, 6.45) is 4.05. The predicted molar refractivity (Wildman–Crippen MR) is 76.8 cm³/mol. The van der Waals surface area contributed by atoms with Gasteiger partial charge in [-0.1, -0.05) is 18.5 Å². The third-order valence-electron chi connectivity index (χ3n) is 2.89. The third kappa shape index (κ3) is 2.98. The van der Waals surface area contributed by atoms with Crippen LogP contribution in [-0.2, 0) is 19.6 Å². The molecule has 0 radical (unpaired) electrons. The summed E-state index contributed by atoms with van der Waals surface area (Å²) in [4.78, 5) is 12.0. The molecule has 2 rings (SSSR count). The second-order valence-corrected chi connectivity index (χ2v) is 4.67. The van der Waals surface area contributed by atoms with Crippen LogP contribution >= 0.6 is 11.6 Å². The lowest BCUT2D eigenvalue weighted by Gasteiger charge is -2.10. The van der Waals surface area contributed by atoms with Gasteiger partial charge in [-0.15, -0.1) is 10.2 Å². The van der Waals surface area contributed by atoms with E-state index in [0.717, 1.165) is 18.8 Å². The molecule has 0 atom stereocenters. The minimum Gasteiger partial charge on any atom is -0.375 e. The maximum Gasteiger partial charge on any atom is 0.287 e. The first-order valence-corrected chi connectivity index (χ1v) is 6.91. The van der Waals surface area contributed by atoms with Crippen LogP contribution in [0.15, 0.2) is 17.3 Å². The Labute approximate surface area is 121 Å². The first-order chi connectivity index (χ1) is 9.67. The Kier molecular flexibility index (Phi) is 4.73. The van der Waals surface area contributed by atoms with Crippen LogP contribution in [0.2, 0.25) is 5.02 Å². The van der Waals surface area contributed by atoms with Crippen molar-refractivity contribution in [2.24, 2.45) is 0 Å². The Bertz CT molecular complexity index is 635. The normalized spacial score (nSPS) is 10.8. The first-order valence-electron chi connectivity index (χ1n) is 6.53. The van der Waals surface area contributed by atoms with Crippen LogP contribution in [0.5, 0.6) is 0 Å². The average Bonchev–Trinajstić information content (AvgIpc) is 2.91. The van der Waals surface area contributed by atoms with Gasteiger partial charge in [0.05, 0.1) is 18.4 Å². The van der Waals surface area contributed by atoms with E-state index in [1.807, 2.05) is 18.4 Å². The SMILES string of the molecule is CCCn1ncc(NCc2nncn2CC)c(Cl)c1=O. The summed E-state index contributed by atoms with van der Waals surface area (Å²) in [7, 11) is 0. The van der Waals surface area contributed by atoms with Crippen LogP contribution < -0.4 is 10.9 Å². The molecule has 0 saturated heterocycles. The van der Waals surface area contributed by atoms with Gasteiger partial charge in [0, 0.05) is 13.1 Å². The van der Waals surface area contributed by atoms with E-state index < -0.39 is 0 Å². The van der Waals surface area contributed by atoms with Crippen molar-refractivity contribution in [3.05, 3.63) is 33.7 Å². The summed E-state index contributed by atoms with van der Waals surface area (Å²) in [5.41, 5.74) is 0.227. The van der Waals surface area contributed by atoms with Gasteiger partial charge in [-0.3, -0.25) is 4.79 Å². The Hall–Kier alpha value is -1.89. The molecule has 0 spiro atoms. The van der Waals surface area contributed by atoms with E-state index in [2.05, 4.69) is 20.6 Å². The second-order valence-electron chi connectivity index (χ2n) is 4.29. The molecule has 8 heteroatoms. The molecule has 0 aliphatic carbocycles. The largest absolute Gasteiger partial charge is 0.375 e. The van der Waals surface area contributed by atoms with E-state index >= 15 is 0 Å². The topological polar surface area (TPSA) is 77.6 Å². The molecule has 108 valence electrons. The van der Waals surface area contributed by atoms with E-state index in [-0.39, 0.29) is 10.6 Å². The Morgan fingerprint density at radius 3 is 2.90 bits per heavy atom. The van der Waals surface area contributed by atoms with Gasteiger partial charge >= 0.3 is 0 Å². The summed E-state index contributed by atoms with van der Waals surface area (Å²) in [6.45, 7) is 5.77. The van der Waals surface area contributed by atoms with Crippen molar-refractivity contribution in [3.8, 4) is 0 Å². The summed E-state index contributed by atoms with van der Waals surface area (Å²) in [5.74, 6) is 0.779. The Morgan fingerprint density at radius 2 is 2.20 bits per heavy atom. The molecule has 0 bridgehead atoms. The van der Waals surface area contributed by atoms with E-state index in [1.54, 1.807) is 12.5 Å². The first kappa shape index (κ1) is 14.5. The highest BCUT2D eigenvalue weighted by Crippen LogP contribution is 2.16. The quantitative estimate of drug-likeness (QED) is 0.874. The molecule has 0 saturated carbocycles. The molecular weight excluding hydrogens is 280 g/mol. The van der Waals surface area contributed by atoms with Crippen LogP contribution in [0.4, 0.5) is 5.69 Å². The highest BCUT2D eigenvalue weighted by molar-refractivity contribution is 6.32. The van der Waals surface area contributed by atoms with E-state index in [0.29, 0.717) is 18.8 Å². The van der Waals surface area contributed by atoms with E-state index in [4.69, 9.17) is 11.6 Å². The molecule has 7 nitrogen and oxygen atoms in total. The Balaban J connectivity index is 2.14. The van der Waals surface area contributed by atoms with E-state index in [9.17, 15) is 4.79 Å². The summed E-state index contributed by atoms with van der Waals surface area (Å²) in [5, 5.41) is 15.2. The van der Waals surface area contributed by atoms with Crippen molar-refractivity contribution in [1.29, 1.82) is 0 Å². The maximum atomic E-state index is 12.0. The van der Waals surface area contributed by atoms with E-state index in [1.165, 1.54) is 4.68 Å². The van der Waals surface area contributed by atoms with Gasteiger partial charge in [0.2, 0.25) is 0 Å². The highest BCUT2D eigenvalue weighted by Gasteiger charge is 2.10. The second kappa shape index (κ2) is 6.51. The fourth-order valence-corrected chi connectivity index (χ4v) is 2.03. The van der Waals surface area contributed by atoms with Crippen LogP contribution in [0.1, 0.15) is 26.1 Å². The monoisotopic (exact) mass is 296 g/mol. The molecule has 0 unspecified atom stereocenters. The molecule has 0 fully saturated rings. The smallest absolute Gasteiger partial charge is 0.287 e. The number of halogens is 1. The molecule has 1 N–H and O–H groups in total.